The largest absolute Gasteiger partial charge is 0.399 e. The third-order valence-corrected chi connectivity index (χ3v) is 2.61. The lowest BCUT2D eigenvalue weighted by atomic mass is 10.2. The van der Waals surface area contributed by atoms with Crippen molar-refractivity contribution in [3.8, 4) is 0 Å². The van der Waals surface area contributed by atoms with E-state index in [-0.39, 0.29) is 5.91 Å². The van der Waals surface area contributed by atoms with E-state index in [0.29, 0.717) is 11.5 Å². The SMILES string of the molecule is Cc1cccnc1NC(=O)/C=C/c1ccc(N)cc1. The molecule has 1 aromatic carbocycles. The second-order valence-corrected chi connectivity index (χ2v) is 4.16. The molecule has 1 aromatic heterocycles. The first-order valence-electron chi connectivity index (χ1n) is 5.91. The Kier molecular flexibility index (Phi) is 3.93. The zero-order valence-electron chi connectivity index (χ0n) is 10.6. The lowest BCUT2D eigenvalue weighted by molar-refractivity contribution is -0.111. The molecule has 96 valence electrons. The zero-order chi connectivity index (χ0) is 13.7. The minimum absolute atomic E-state index is 0.210. The van der Waals surface area contributed by atoms with Gasteiger partial charge < -0.3 is 11.1 Å². The molecule has 3 N–H and O–H groups in total. The maximum atomic E-state index is 11.7. The number of rotatable bonds is 3. The average Bonchev–Trinajstić information content (AvgIpc) is 2.41. The number of aryl methyl sites for hydroxylation is 1. The van der Waals surface area contributed by atoms with Gasteiger partial charge >= 0.3 is 0 Å². The Morgan fingerprint density at radius 3 is 2.68 bits per heavy atom. The molecule has 0 saturated heterocycles. The highest BCUT2D eigenvalue weighted by molar-refractivity contribution is 6.01. The number of hydrogen-bond acceptors (Lipinski definition) is 3. The third kappa shape index (κ3) is 3.67. The van der Waals surface area contributed by atoms with Crippen LogP contribution < -0.4 is 11.1 Å². The lowest BCUT2D eigenvalue weighted by Crippen LogP contribution is -2.10. The summed E-state index contributed by atoms with van der Waals surface area (Å²) in [5.74, 6) is 0.369. The number of nitrogens with zero attached hydrogens (tertiary/aromatic N) is 1. The van der Waals surface area contributed by atoms with Crippen LogP contribution in [-0.2, 0) is 4.79 Å². The highest BCUT2D eigenvalue weighted by Crippen LogP contribution is 2.10. The van der Waals surface area contributed by atoms with E-state index in [0.717, 1.165) is 11.1 Å². The molecule has 0 bridgehead atoms. The Balaban J connectivity index is 2.02. The Bertz CT molecular complexity index is 603. The van der Waals surface area contributed by atoms with E-state index in [1.165, 1.54) is 6.08 Å². The molecule has 0 unspecified atom stereocenters. The van der Waals surface area contributed by atoms with Crippen LogP contribution in [0.4, 0.5) is 11.5 Å². The molecule has 4 nitrogen and oxygen atoms in total. The van der Waals surface area contributed by atoms with Gasteiger partial charge in [-0.05, 0) is 42.3 Å². The van der Waals surface area contributed by atoms with E-state index in [2.05, 4.69) is 10.3 Å². The summed E-state index contributed by atoms with van der Waals surface area (Å²) in [6.45, 7) is 1.90. The molecular weight excluding hydrogens is 238 g/mol. The minimum Gasteiger partial charge on any atom is -0.399 e. The summed E-state index contributed by atoms with van der Waals surface area (Å²) in [5, 5.41) is 2.73. The minimum atomic E-state index is -0.210. The van der Waals surface area contributed by atoms with Gasteiger partial charge in [0.25, 0.3) is 0 Å². The van der Waals surface area contributed by atoms with Crippen molar-refractivity contribution < 1.29 is 4.79 Å². The van der Waals surface area contributed by atoms with Crippen molar-refractivity contribution >= 4 is 23.5 Å². The predicted molar refractivity (Wildman–Crippen MR) is 77.5 cm³/mol. The number of hydrogen-bond donors (Lipinski definition) is 2. The molecule has 0 atom stereocenters. The number of amides is 1. The molecule has 2 aromatic rings. The first-order valence-corrected chi connectivity index (χ1v) is 5.91. The smallest absolute Gasteiger partial charge is 0.249 e. The number of nitrogens with one attached hydrogen (secondary N) is 1. The Morgan fingerprint density at radius 2 is 2.00 bits per heavy atom. The molecule has 0 aliphatic heterocycles. The number of anilines is 2. The summed E-state index contributed by atoms with van der Waals surface area (Å²) < 4.78 is 0. The maximum absolute atomic E-state index is 11.7. The van der Waals surface area contributed by atoms with E-state index < -0.39 is 0 Å². The van der Waals surface area contributed by atoms with Gasteiger partial charge in [-0.25, -0.2) is 4.98 Å². The van der Waals surface area contributed by atoms with Gasteiger partial charge in [-0.1, -0.05) is 18.2 Å². The fourth-order valence-corrected chi connectivity index (χ4v) is 1.55. The first kappa shape index (κ1) is 12.8. The molecular formula is C15H15N3O. The van der Waals surface area contributed by atoms with Gasteiger partial charge in [0, 0.05) is 18.0 Å². The summed E-state index contributed by atoms with van der Waals surface area (Å²) in [5.41, 5.74) is 8.14. The van der Waals surface area contributed by atoms with Crippen molar-refractivity contribution in [3.63, 3.8) is 0 Å². The number of aromatic nitrogens is 1. The summed E-state index contributed by atoms with van der Waals surface area (Å²) in [6, 6.07) is 11.0. The monoisotopic (exact) mass is 253 g/mol. The van der Waals surface area contributed by atoms with Crippen molar-refractivity contribution in [1.82, 2.24) is 4.98 Å². The Labute approximate surface area is 112 Å². The van der Waals surface area contributed by atoms with Gasteiger partial charge in [0.2, 0.25) is 5.91 Å². The van der Waals surface area contributed by atoms with Crippen LogP contribution in [0.1, 0.15) is 11.1 Å². The molecule has 0 radical (unpaired) electrons. The summed E-state index contributed by atoms with van der Waals surface area (Å²) in [6.07, 6.45) is 4.85. The first-order chi connectivity index (χ1) is 9.15. The second-order valence-electron chi connectivity index (χ2n) is 4.16. The summed E-state index contributed by atoms with van der Waals surface area (Å²) in [7, 11) is 0. The van der Waals surface area contributed by atoms with Gasteiger partial charge in [-0.15, -0.1) is 0 Å². The van der Waals surface area contributed by atoms with Crippen LogP contribution in [0, 0.1) is 6.92 Å². The molecule has 0 saturated carbocycles. The second kappa shape index (κ2) is 5.82. The molecule has 0 fully saturated rings. The van der Waals surface area contributed by atoms with Crippen molar-refractivity contribution in [2.75, 3.05) is 11.1 Å². The number of carbonyl (C=O) groups excluding carboxylic acids is 1. The van der Waals surface area contributed by atoms with E-state index in [1.54, 1.807) is 24.4 Å². The number of carbonyl (C=O) groups is 1. The van der Waals surface area contributed by atoms with Crippen LogP contribution >= 0.6 is 0 Å². The van der Waals surface area contributed by atoms with Crippen LogP contribution in [0.2, 0.25) is 0 Å². The van der Waals surface area contributed by atoms with Crippen LogP contribution in [0.15, 0.2) is 48.7 Å². The van der Waals surface area contributed by atoms with E-state index >= 15 is 0 Å². The molecule has 1 amide bonds. The van der Waals surface area contributed by atoms with Crippen molar-refractivity contribution in [3.05, 3.63) is 59.8 Å². The highest BCUT2D eigenvalue weighted by Gasteiger charge is 2.01. The molecule has 0 aliphatic carbocycles. The Hall–Kier alpha value is -2.62. The van der Waals surface area contributed by atoms with Gasteiger partial charge in [0.15, 0.2) is 0 Å². The normalized spacial score (nSPS) is 10.6. The van der Waals surface area contributed by atoms with Crippen molar-refractivity contribution in [1.29, 1.82) is 0 Å². The van der Waals surface area contributed by atoms with Crippen molar-refractivity contribution in [2.24, 2.45) is 0 Å². The standard InChI is InChI=1S/C15H15N3O/c1-11-3-2-10-17-15(11)18-14(19)9-6-12-4-7-13(16)8-5-12/h2-10H,16H2,1H3,(H,17,18,19)/b9-6+. The predicted octanol–water partition coefficient (Wildman–Crippen LogP) is 2.62. The average molecular weight is 253 g/mol. The fraction of sp³-hybridized carbons (Fsp3) is 0.0667. The van der Waals surface area contributed by atoms with Gasteiger partial charge in [-0.2, -0.15) is 0 Å². The van der Waals surface area contributed by atoms with Crippen molar-refractivity contribution in [2.45, 2.75) is 6.92 Å². The van der Waals surface area contributed by atoms with Crippen LogP contribution in [0.5, 0.6) is 0 Å². The highest BCUT2D eigenvalue weighted by atomic mass is 16.1. The Morgan fingerprint density at radius 1 is 1.26 bits per heavy atom. The number of nitrogens with two attached hydrogens (primary N) is 1. The van der Waals surface area contributed by atoms with E-state index in [4.69, 9.17) is 5.73 Å². The molecule has 19 heavy (non-hydrogen) atoms. The molecule has 0 aliphatic rings. The lowest BCUT2D eigenvalue weighted by Gasteiger charge is -2.03. The summed E-state index contributed by atoms with van der Waals surface area (Å²) >= 11 is 0. The quantitative estimate of drug-likeness (QED) is 0.652. The summed E-state index contributed by atoms with van der Waals surface area (Å²) in [4.78, 5) is 15.8. The maximum Gasteiger partial charge on any atom is 0.249 e. The molecule has 4 heteroatoms. The third-order valence-electron chi connectivity index (χ3n) is 2.61. The van der Waals surface area contributed by atoms with Crippen LogP contribution in [-0.4, -0.2) is 10.9 Å². The number of nitrogen functional groups attached to an aromatic ring is 1. The molecule has 0 spiro atoms. The fourth-order valence-electron chi connectivity index (χ4n) is 1.55. The van der Waals surface area contributed by atoms with Gasteiger partial charge in [-0.3, -0.25) is 4.79 Å². The van der Waals surface area contributed by atoms with Crippen LogP contribution in [0.25, 0.3) is 6.08 Å². The van der Waals surface area contributed by atoms with Gasteiger partial charge in [0.05, 0.1) is 0 Å². The van der Waals surface area contributed by atoms with E-state index in [1.807, 2.05) is 31.2 Å². The molecule has 1 heterocycles. The van der Waals surface area contributed by atoms with Gasteiger partial charge in [0.1, 0.15) is 5.82 Å². The number of benzene rings is 1. The number of pyridine rings is 1. The van der Waals surface area contributed by atoms with E-state index in [9.17, 15) is 4.79 Å². The topological polar surface area (TPSA) is 68.0 Å². The zero-order valence-corrected chi connectivity index (χ0v) is 10.6. The van der Waals surface area contributed by atoms with Crippen LogP contribution in [0.3, 0.4) is 0 Å². The molecule has 2 rings (SSSR count).